The maximum Gasteiger partial charge on any atom is 0.152 e. The molecule has 2 rings (SSSR count). The summed E-state index contributed by atoms with van der Waals surface area (Å²) in [7, 11) is 0. The Balaban J connectivity index is 1.93. The molecule has 0 amide bonds. The second-order valence-corrected chi connectivity index (χ2v) is 6.80. The van der Waals surface area contributed by atoms with E-state index in [9.17, 15) is 4.79 Å². The first kappa shape index (κ1) is 14.0. The van der Waals surface area contributed by atoms with E-state index in [0.717, 1.165) is 24.2 Å². The van der Waals surface area contributed by atoms with Crippen molar-refractivity contribution >= 4 is 5.78 Å². The lowest BCUT2D eigenvalue weighted by Crippen LogP contribution is -2.40. The molecule has 0 aliphatic heterocycles. The van der Waals surface area contributed by atoms with Crippen LogP contribution in [0.5, 0.6) is 0 Å². The molecule has 18 heavy (non-hydrogen) atoms. The van der Waals surface area contributed by atoms with Crippen LogP contribution in [0.4, 0.5) is 0 Å². The van der Waals surface area contributed by atoms with Crippen LogP contribution in [0.25, 0.3) is 0 Å². The molecule has 0 radical (unpaired) electrons. The molecular formula is C16H29NO. The summed E-state index contributed by atoms with van der Waals surface area (Å²) < 4.78 is 0. The molecule has 0 aromatic carbocycles. The quantitative estimate of drug-likeness (QED) is 0.830. The summed E-state index contributed by atoms with van der Waals surface area (Å²) in [5.74, 6) is 2.89. The van der Waals surface area contributed by atoms with Crippen LogP contribution in [-0.4, -0.2) is 11.8 Å². The van der Waals surface area contributed by atoms with Gasteiger partial charge in [-0.3, -0.25) is 4.79 Å². The molecule has 2 saturated carbocycles. The molecule has 0 aromatic heterocycles. The van der Waals surface area contributed by atoms with Gasteiger partial charge in [-0.15, -0.1) is 0 Å². The molecule has 0 saturated heterocycles. The number of nitrogens with two attached hydrogens (primary N) is 1. The highest BCUT2D eigenvalue weighted by atomic mass is 16.1. The maximum atomic E-state index is 12.0. The van der Waals surface area contributed by atoms with Crippen molar-refractivity contribution in [1.82, 2.24) is 0 Å². The molecule has 0 heterocycles. The molecule has 104 valence electrons. The molecule has 2 fully saturated rings. The van der Waals surface area contributed by atoms with Crippen LogP contribution in [0.2, 0.25) is 0 Å². The van der Waals surface area contributed by atoms with Crippen LogP contribution in [-0.2, 0) is 4.79 Å². The van der Waals surface area contributed by atoms with Gasteiger partial charge >= 0.3 is 0 Å². The molecule has 2 N–H and O–H groups in total. The van der Waals surface area contributed by atoms with Crippen LogP contribution in [0.1, 0.15) is 65.2 Å². The Morgan fingerprint density at radius 3 is 2.50 bits per heavy atom. The van der Waals surface area contributed by atoms with Gasteiger partial charge in [-0.2, -0.15) is 0 Å². The smallest absolute Gasteiger partial charge is 0.152 e. The third-order valence-electron chi connectivity index (χ3n) is 5.21. The zero-order valence-electron chi connectivity index (χ0n) is 12.0. The number of Topliss-reactive ketones (excluding diaryl/α,β-unsaturated/α-hetero) is 1. The highest BCUT2D eigenvalue weighted by Gasteiger charge is 2.36. The van der Waals surface area contributed by atoms with Crippen LogP contribution in [0, 0.1) is 23.7 Å². The summed E-state index contributed by atoms with van der Waals surface area (Å²) in [5, 5.41) is 0. The van der Waals surface area contributed by atoms with Crippen LogP contribution in [0.3, 0.4) is 0 Å². The van der Waals surface area contributed by atoms with Crippen LogP contribution in [0.15, 0.2) is 0 Å². The fourth-order valence-corrected chi connectivity index (χ4v) is 4.23. The van der Waals surface area contributed by atoms with Crippen LogP contribution < -0.4 is 5.73 Å². The molecule has 0 spiro atoms. The Morgan fingerprint density at radius 1 is 1.11 bits per heavy atom. The predicted octanol–water partition coefficient (Wildman–Crippen LogP) is 3.54. The van der Waals surface area contributed by atoms with Gasteiger partial charge in [0.15, 0.2) is 5.78 Å². The Hall–Kier alpha value is -0.370. The summed E-state index contributed by atoms with van der Waals surface area (Å²) in [5.41, 5.74) is 6.12. The molecular weight excluding hydrogens is 222 g/mol. The van der Waals surface area contributed by atoms with Gasteiger partial charge in [0.25, 0.3) is 0 Å². The van der Waals surface area contributed by atoms with Crippen LogP contribution >= 0.6 is 0 Å². The molecule has 2 nitrogen and oxygen atoms in total. The Bertz CT molecular complexity index is 285. The molecule has 2 aliphatic rings. The Kier molecular flexibility index (Phi) is 4.83. The number of hydrogen-bond donors (Lipinski definition) is 1. The minimum absolute atomic E-state index is 0.0887. The SMILES string of the molecule is CC(C)C(=O)C(N)CC1CCCC2CCCCC21. The van der Waals surface area contributed by atoms with Gasteiger partial charge in [0.2, 0.25) is 0 Å². The normalized spacial score (nSPS) is 34.1. The number of fused-ring (bicyclic) bond motifs is 1. The first-order valence-corrected chi connectivity index (χ1v) is 7.89. The summed E-state index contributed by atoms with van der Waals surface area (Å²) in [6, 6.07) is -0.212. The molecule has 4 unspecified atom stereocenters. The lowest BCUT2D eigenvalue weighted by molar-refractivity contribution is -0.123. The van der Waals surface area contributed by atoms with Gasteiger partial charge in [-0.05, 0) is 30.6 Å². The summed E-state index contributed by atoms with van der Waals surface area (Å²) in [4.78, 5) is 12.0. The first-order valence-electron chi connectivity index (χ1n) is 7.89. The van der Waals surface area contributed by atoms with E-state index in [0.29, 0.717) is 0 Å². The van der Waals surface area contributed by atoms with Gasteiger partial charge in [-0.25, -0.2) is 0 Å². The summed E-state index contributed by atoms with van der Waals surface area (Å²) in [6.45, 7) is 3.93. The first-order chi connectivity index (χ1) is 8.59. The molecule has 2 heteroatoms. The van der Waals surface area contributed by atoms with E-state index >= 15 is 0 Å². The summed E-state index contributed by atoms with van der Waals surface area (Å²) in [6.07, 6.45) is 10.7. The molecule has 0 bridgehead atoms. The van der Waals surface area contributed by atoms with Gasteiger partial charge in [0, 0.05) is 5.92 Å². The number of hydrogen-bond acceptors (Lipinski definition) is 2. The van der Waals surface area contributed by atoms with E-state index in [1.807, 2.05) is 13.8 Å². The topological polar surface area (TPSA) is 43.1 Å². The molecule has 4 atom stereocenters. The minimum Gasteiger partial charge on any atom is -0.321 e. The van der Waals surface area contributed by atoms with E-state index < -0.39 is 0 Å². The van der Waals surface area contributed by atoms with Crippen molar-refractivity contribution in [2.24, 2.45) is 29.4 Å². The number of rotatable bonds is 4. The summed E-state index contributed by atoms with van der Waals surface area (Å²) >= 11 is 0. The standard InChI is InChI=1S/C16H29NO/c1-11(2)16(18)15(17)10-13-8-5-7-12-6-3-4-9-14(12)13/h11-15H,3-10,17H2,1-2H3. The average Bonchev–Trinajstić information content (AvgIpc) is 2.38. The van der Waals surface area contributed by atoms with E-state index in [2.05, 4.69) is 0 Å². The number of carbonyl (C=O) groups is 1. The fraction of sp³-hybridized carbons (Fsp3) is 0.938. The maximum absolute atomic E-state index is 12.0. The lowest BCUT2D eigenvalue weighted by atomic mass is 9.64. The third-order valence-corrected chi connectivity index (χ3v) is 5.21. The second kappa shape index (κ2) is 6.18. The van der Waals surface area contributed by atoms with Gasteiger partial charge in [0.05, 0.1) is 6.04 Å². The minimum atomic E-state index is -0.212. The van der Waals surface area contributed by atoms with E-state index in [1.165, 1.54) is 44.9 Å². The van der Waals surface area contributed by atoms with Crippen molar-refractivity contribution in [3.63, 3.8) is 0 Å². The predicted molar refractivity (Wildman–Crippen MR) is 75.2 cm³/mol. The highest BCUT2D eigenvalue weighted by molar-refractivity contribution is 5.85. The van der Waals surface area contributed by atoms with Gasteiger partial charge in [-0.1, -0.05) is 52.4 Å². The zero-order valence-corrected chi connectivity index (χ0v) is 12.0. The van der Waals surface area contributed by atoms with Crippen molar-refractivity contribution in [1.29, 1.82) is 0 Å². The number of carbonyl (C=O) groups excluding carboxylic acids is 1. The Labute approximate surface area is 112 Å². The monoisotopic (exact) mass is 251 g/mol. The highest BCUT2D eigenvalue weighted by Crippen LogP contribution is 2.45. The van der Waals surface area contributed by atoms with Crippen molar-refractivity contribution in [3.05, 3.63) is 0 Å². The van der Waals surface area contributed by atoms with Gasteiger partial charge < -0.3 is 5.73 Å². The largest absolute Gasteiger partial charge is 0.321 e. The molecule has 0 aromatic rings. The van der Waals surface area contributed by atoms with Crippen molar-refractivity contribution in [3.8, 4) is 0 Å². The van der Waals surface area contributed by atoms with Crippen molar-refractivity contribution < 1.29 is 4.79 Å². The Morgan fingerprint density at radius 2 is 1.78 bits per heavy atom. The van der Waals surface area contributed by atoms with E-state index in [4.69, 9.17) is 5.73 Å². The zero-order chi connectivity index (χ0) is 13.1. The van der Waals surface area contributed by atoms with Gasteiger partial charge in [0.1, 0.15) is 0 Å². The third kappa shape index (κ3) is 3.14. The molecule has 2 aliphatic carbocycles. The second-order valence-electron chi connectivity index (χ2n) is 6.80. The van der Waals surface area contributed by atoms with Crippen molar-refractivity contribution in [2.75, 3.05) is 0 Å². The average molecular weight is 251 g/mol. The fourth-order valence-electron chi connectivity index (χ4n) is 4.23. The van der Waals surface area contributed by atoms with E-state index in [1.54, 1.807) is 0 Å². The number of ketones is 1. The van der Waals surface area contributed by atoms with Crippen molar-refractivity contribution in [2.45, 2.75) is 71.3 Å². The van der Waals surface area contributed by atoms with E-state index in [-0.39, 0.29) is 17.7 Å². The lowest BCUT2D eigenvalue weighted by Gasteiger charge is -2.42.